The molecule has 0 bridgehead atoms. The first-order chi connectivity index (χ1) is 7.86. The summed E-state index contributed by atoms with van der Waals surface area (Å²) in [5, 5.41) is 9.24. The van der Waals surface area contributed by atoms with E-state index in [-0.39, 0.29) is 11.2 Å². The monoisotopic (exact) mass is 250 g/mol. The summed E-state index contributed by atoms with van der Waals surface area (Å²) in [5.41, 5.74) is 6.53. The first-order valence-electron chi connectivity index (χ1n) is 5.86. The number of thioether (sulfide) groups is 1. The van der Waals surface area contributed by atoms with Crippen LogP contribution in [0.25, 0.3) is 0 Å². The highest BCUT2D eigenvalue weighted by Gasteiger charge is 2.38. The molecular weight excluding hydrogens is 232 g/mol. The third-order valence-corrected chi connectivity index (χ3v) is 5.74. The van der Waals surface area contributed by atoms with Gasteiger partial charge in [0.05, 0.1) is 5.92 Å². The van der Waals surface area contributed by atoms with E-state index in [1.807, 2.05) is 0 Å². The van der Waals surface area contributed by atoms with E-state index in [9.17, 15) is 4.79 Å². The van der Waals surface area contributed by atoms with Crippen molar-refractivity contribution in [2.45, 2.75) is 39.9 Å². The van der Waals surface area contributed by atoms with Crippen molar-refractivity contribution in [1.29, 1.82) is 0 Å². The van der Waals surface area contributed by atoms with Crippen LogP contribution in [0.3, 0.4) is 0 Å². The second-order valence-electron chi connectivity index (χ2n) is 4.93. The molecule has 0 spiro atoms. The Morgan fingerprint density at radius 1 is 1.18 bits per heavy atom. The molecular formula is C14H18O2S. The molecule has 2 aliphatic rings. The summed E-state index contributed by atoms with van der Waals surface area (Å²) in [7, 11) is 0. The predicted molar refractivity (Wildman–Crippen MR) is 72.0 cm³/mol. The summed E-state index contributed by atoms with van der Waals surface area (Å²) < 4.78 is 0. The molecule has 0 saturated heterocycles. The minimum atomic E-state index is -0.709. The maximum Gasteiger partial charge on any atom is 0.307 e. The quantitative estimate of drug-likeness (QED) is 0.810. The van der Waals surface area contributed by atoms with E-state index >= 15 is 0 Å². The molecule has 0 aromatic rings. The lowest BCUT2D eigenvalue weighted by atomic mass is 9.95. The molecule has 3 heteroatoms. The molecule has 0 radical (unpaired) electrons. The van der Waals surface area contributed by atoms with Gasteiger partial charge in [-0.3, -0.25) is 4.79 Å². The highest BCUT2D eigenvalue weighted by Crippen LogP contribution is 2.54. The smallest absolute Gasteiger partial charge is 0.307 e. The summed E-state index contributed by atoms with van der Waals surface area (Å²) in [6.07, 6.45) is 0. The van der Waals surface area contributed by atoms with Crippen LogP contribution in [0.5, 0.6) is 0 Å². The number of carboxylic acid groups (broad SMARTS) is 1. The number of carboxylic acids is 1. The van der Waals surface area contributed by atoms with E-state index in [1.54, 1.807) is 18.7 Å². The summed E-state index contributed by atoms with van der Waals surface area (Å²) in [6, 6.07) is 0. The Morgan fingerprint density at radius 3 is 2.24 bits per heavy atom. The topological polar surface area (TPSA) is 37.3 Å². The van der Waals surface area contributed by atoms with Gasteiger partial charge in [0.15, 0.2) is 0 Å². The van der Waals surface area contributed by atoms with Gasteiger partial charge in [0.25, 0.3) is 0 Å². The van der Waals surface area contributed by atoms with Gasteiger partial charge in [-0.1, -0.05) is 12.5 Å². The van der Waals surface area contributed by atoms with Crippen molar-refractivity contribution >= 4 is 17.7 Å². The fourth-order valence-electron chi connectivity index (χ4n) is 2.58. The third kappa shape index (κ3) is 1.68. The summed E-state index contributed by atoms with van der Waals surface area (Å²) >= 11 is 1.72. The van der Waals surface area contributed by atoms with Crippen molar-refractivity contribution in [3.8, 4) is 0 Å². The summed E-state index contributed by atoms with van der Waals surface area (Å²) in [6.45, 7) is 10.3. The number of aliphatic carboxylic acids is 1. The van der Waals surface area contributed by atoms with E-state index in [0.717, 1.165) is 0 Å². The number of rotatable bonds is 2. The fourth-order valence-corrected chi connectivity index (χ4v) is 4.21. The zero-order valence-electron chi connectivity index (χ0n) is 10.9. The lowest BCUT2D eigenvalue weighted by Crippen LogP contribution is -2.22. The third-order valence-electron chi connectivity index (χ3n) is 3.98. The molecule has 17 heavy (non-hydrogen) atoms. The Balaban J connectivity index is 2.46. The first kappa shape index (κ1) is 12.5. The standard InChI is InChI=1S/C14H18O2S/c1-6-7(2)11-9(4)12(10(5)14(15)16)17-13(11)8(6)3/h10,12H,1-5H3,(H,15,16). The van der Waals surface area contributed by atoms with Gasteiger partial charge >= 0.3 is 5.97 Å². The molecule has 92 valence electrons. The molecule has 1 heterocycles. The second kappa shape index (κ2) is 4.05. The Hall–Kier alpha value is -0.960. The van der Waals surface area contributed by atoms with Crippen molar-refractivity contribution in [1.82, 2.24) is 0 Å². The van der Waals surface area contributed by atoms with Gasteiger partial charge in [-0.25, -0.2) is 0 Å². The lowest BCUT2D eigenvalue weighted by Gasteiger charge is -2.16. The Morgan fingerprint density at radius 2 is 1.76 bits per heavy atom. The average molecular weight is 250 g/mol. The maximum atomic E-state index is 11.1. The molecule has 2 atom stereocenters. The number of hydrogen-bond acceptors (Lipinski definition) is 2. The Labute approximate surface area is 106 Å². The molecule has 2 rings (SSSR count). The van der Waals surface area contributed by atoms with E-state index in [2.05, 4.69) is 27.7 Å². The molecule has 1 aliphatic carbocycles. The van der Waals surface area contributed by atoms with Gasteiger partial charge in [0.2, 0.25) is 0 Å². The number of fused-ring (bicyclic) bond motifs is 1. The van der Waals surface area contributed by atoms with Gasteiger partial charge in [0.1, 0.15) is 0 Å². The molecule has 0 fully saturated rings. The minimum Gasteiger partial charge on any atom is -0.481 e. The van der Waals surface area contributed by atoms with Crippen molar-refractivity contribution in [2.75, 3.05) is 0 Å². The van der Waals surface area contributed by atoms with Crippen LogP contribution in [0.15, 0.2) is 32.8 Å². The molecule has 0 saturated carbocycles. The Bertz CT molecular complexity index is 494. The van der Waals surface area contributed by atoms with Crippen molar-refractivity contribution in [2.24, 2.45) is 5.92 Å². The van der Waals surface area contributed by atoms with E-state index in [1.165, 1.54) is 32.8 Å². The molecule has 1 N–H and O–H groups in total. The lowest BCUT2D eigenvalue weighted by molar-refractivity contribution is -0.140. The minimum absolute atomic E-state index is 0.0931. The highest BCUT2D eigenvalue weighted by molar-refractivity contribution is 8.04. The van der Waals surface area contributed by atoms with E-state index < -0.39 is 5.97 Å². The SMILES string of the molecule is CC1=C(C)C2=C(C)C(C(C)C(=O)O)SC2=C1C. The highest BCUT2D eigenvalue weighted by atomic mass is 32.2. The van der Waals surface area contributed by atoms with Crippen LogP contribution >= 0.6 is 11.8 Å². The van der Waals surface area contributed by atoms with E-state index in [0.29, 0.717) is 0 Å². The molecule has 0 aromatic carbocycles. The van der Waals surface area contributed by atoms with Crippen molar-refractivity contribution < 1.29 is 9.90 Å². The molecule has 0 amide bonds. The normalized spacial score (nSPS) is 25.8. The van der Waals surface area contributed by atoms with E-state index in [4.69, 9.17) is 5.11 Å². The van der Waals surface area contributed by atoms with Crippen molar-refractivity contribution in [3.63, 3.8) is 0 Å². The zero-order chi connectivity index (χ0) is 12.9. The Kier molecular flexibility index (Phi) is 2.98. The molecule has 2 nitrogen and oxygen atoms in total. The number of carbonyl (C=O) groups is 1. The van der Waals surface area contributed by atoms with Crippen LogP contribution in [-0.2, 0) is 4.79 Å². The molecule has 1 aliphatic heterocycles. The average Bonchev–Trinajstić information content (AvgIpc) is 2.71. The number of allylic oxidation sites excluding steroid dienone is 4. The van der Waals surface area contributed by atoms with Crippen LogP contribution < -0.4 is 0 Å². The van der Waals surface area contributed by atoms with Gasteiger partial charge in [-0.05, 0) is 50.0 Å². The fraction of sp³-hybridized carbons (Fsp3) is 0.500. The maximum absolute atomic E-state index is 11.1. The van der Waals surface area contributed by atoms with Crippen LogP contribution in [0.2, 0.25) is 0 Å². The van der Waals surface area contributed by atoms with Gasteiger partial charge < -0.3 is 5.11 Å². The molecule has 0 aromatic heterocycles. The van der Waals surface area contributed by atoms with Gasteiger partial charge in [0, 0.05) is 10.2 Å². The first-order valence-corrected chi connectivity index (χ1v) is 6.74. The van der Waals surface area contributed by atoms with Crippen LogP contribution in [-0.4, -0.2) is 16.3 Å². The number of hydrogen-bond donors (Lipinski definition) is 1. The van der Waals surface area contributed by atoms with Crippen LogP contribution in [0, 0.1) is 5.92 Å². The summed E-state index contributed by atoms with van der Waals surface area (Å²) in [5.74, 6) is -1.04. The largest absolute Gasteiger partial charge is 0.481 e. The van der Waals surface area contributed by atoms with Crippen LogP contribution in [0.1, 0.15) is 34.6 Å². The second-order valence-corrected chi connectivity index (χ2v) is 6.08. The van der Waals surface area contributed by atoms with Gasteiger partial charge in [-0.15, -0.1) is 11.8 Å². The summed E-state index contributed by atoms with van der Waals surface area (Å²) in [4.78, 5) is 12.4. The van der Waals surface area contributed by atoms with Gasteiger partial charge in [-0.2, -0.15) is 0 Å². The predicted octanol–water partition coefficient (Wildman–Crippen LogP) is 3.76. The van der Waals surface area contributed by atoms with Crippen LogP contribution in [0.4, 0.5) is 0 Å². The zero-order valence-corrected chi connectivity index (χ0v) is 11.7. The molecule has 2 unspecified atom stereocenters. The van der Waals surface area contributed by atoms with Crippen molar-refractivity contribution in [3.05, 3.63) is 32.8 Å².